The van der Waals surface area contributed by atoms with Gasteiger partial charge in [0.25, 0.3) is 0 Å². The van der Waals surface area contributed by atoms with Crippen LogP contribution in [0.4, 0.5) is 4.39 Å². The highest BCUT2D eigenvalue weighted by Crippen LogP contribution is 2.29. The van der Waals surface area contributed by atoms with Crippen LogP contribution >= 0.6 is 11.3 Å². The summed E-state index contributed by atoms with van der Waals surface area (Å²) in [6.07, 6.45) is 2.61. The summed E-state index contributed by atoms with van der Waals surface area (Å²) in [6, 6.07) is 5.82. The number of hydrogen-bond acceptors (Lipinski definition) is 7. The molecule has 11 heteroatoms. The van der Waals surface area contributed by atoms with E-state index in [0.717, 1.165) is 10.8 Å². The van der Waals surface area contributed by atoms with Gasteiger partial charge in [-0.05, 0) is 37.1 Å². The molecule has 4 rings (SSSR count). The minimum absolute atomic E-state index is 0.117. The third kappa shape index (κ3) is 3.94. The van der Waals surface area contributed by atoms with E-state index in [1.165, 1.54) is 34.0 Å². The normalized spacial score (nSPS) is 16.8. The van der Waals surface area contributed by atoms with Crippen LogP contribution in [0.1, 0.15) is 29.6 Å². The van der Waals surface area contributed by atoms with Crippen LogP contribution in [-0.2, 0) is 16.6 Å². The van der Waals surface area contributed by atoms with Crippen molar-refractivity contribution in [2.75, 3.05) is 19.3 Å². The first-order valence-corrected chi connectivity index (χ1v) is 11.1. The zero-order valence-electron chi connectivity index (χ0n) is 14.6. The maximum atomic E-state index is 12.9. The first-order chi connectivity index (χ1) is 12.9. The minimum atomic E-state index is -3.16. The van der Waals surface area contributed by atoms with Gasteiger partial charge in [0.05, 0.1) is 6.26 Å². The number of rotatable bonds is 5. The van der Waals surface area contributed by atoms with Gasteiger partial charge in [-0.2, -0.15) is 9.61 Å². The molecule has 0 spiro atoms. The van der Waals surface area contributed by atoms with E-state index < -0.39 is 10.0 Å². The topological polar surface area (TPSA) is 89.7 Å². The number of nitrogens with zero attached hydrogens (tertiary/aromatic N) is 5. The van der Waals surface area contributed by atoms with Gasteiger partial charge in [0.15, 0.2) is 10.8 Å². The highest BCUT2D eigenvalue weighted by molar-refractivity contribution is 7.88. The summed E-state index contributed by atoms with van der Waals surface area (Å²) in [5.41, 5.74) is 0. The lowest BCUT2D eigenvalue weighted by Crippen LogP contribution is -2.37. The highest BCUT2D eigenvalue weighted by atomic mass is 32.2. The smallest absolute Gasteiger partial charge is 0.234 e. The Balaban J connectivity index is 1.45. The van der Waals surface area contributed by atoms with Crippen molar-refractivity contribution in [1.29, 1.82) is 0 Å². The fourth-order valence-corrected chi connectivity index (χ4v) is 4.73. The lowest BCUT2D eigenvalue weighted by molar-refractivity contribution is 0.301. The Kier molecular flexibility index (Phi) is 4.82. The van der Waals surface area contributed by atoms with Crippen molar-refractivity contribution in [2.24, 2.45) is 0 Å². The number of aromatic nitrogens is 4. The van der Waals surface area contributed by atoms with E-state index in [-0.39, 0.29) is 18.3 Å². The van der Waals surface area contributed by atoms with Gasteiger partial charge < -0.3 is 4.74 Å². The SMILES string of the molecule is CS(=O)(=O)N1CCC(c2nnc3sc(COc4ccc(F)cc4)nn23)CC1. The van der Waals surface area contributed by atoms with Crippen molar-refractivity contribution in [3.63, 3.8) is 0 Å². The number of benzene rings is 1. The fourth-order valence-electron chi connectivity index (χ4n) is 3.11. The van der Waals surface area contributed by atoms with E-state index in [1.807, 2.05) is 0 Å². The van der Waals surface area contributed by atoms with Crippen LogP contribution in [-0.4, -0.2) is 51.9 Å². The third-order valence-electron chi connectivity index (χ3n) is 4.52. The molecule has 0 aliphatic carbocycles. The van der Waals surface area contributed by atoms with E-state index in [0.29, 0.717) is 36.6 Å². The Morgan fingerprint density at radius 1 is 1.22 bits per heavy atom. The molecule has 2 aromatic heterocycles. The molecule has 1 saturated heterocycles. The highest BCUT2D eigenvalue weighted by Gasteiger charge is 2.29. The molecule has 0 bridgehead atoms. The molecule has 8 nitrogen and oxygen atoms in total. The summed E-state index contributed by atoms with van der Waals surface area (Å²) in [5.74, 6) is 1.12. The van der Waals surface area contributed by atoms with E-state index in [9.17, 15) is 12.8 Å². The predicted molar refractivity (Wildman–Crippen MR) is 97.8 cm³/mol. The van der Waals surface area contributed by atoms with Crippen molar-refractivity contribution < 1.29 is 17.5 Å². The van der Waals surface area contributed by atoms with E-state index >= 15 is 0 Å². The van der Waals surface area contributed by atoms with Gasteiger partial charge >= 0.3 is 0 Å². The molecule has 1 aliphatic heterocycles. The maximum absolute atomic E-state index is 12.9. The number of fused-ring (bicyclic) bond motifs is 1. The first-order valence-electron chi connectivity index (χ1n) is 8.44. The Labute approximate surface area is 159 Å². The van der Waals surface area contributed by atoms with Gasteiger partial charge in [0.1, 0.15) is 18.2 Å². The summed E-state index contributed by atoms with van der Waals surface area (Å²) in [5, 5.41) is 13.7. The quantitative estimate of drug-likeness (QED) is 0.638. The molecule has 0 amide bonds. The molecule has 1 fully saturated rings. The van der Waals surface area contributed by atoms with Crippen molar-refractivity contribution in [2.45, 2.75) is 25.4 Å². The minimum Gasteiger partial charge on any atom is -0.486 e. The molecule has 0 saturated carbocycles. The van der Waals surface area contributed by atoms with E-state index in [2.05, 4.69) is 15.3 Å². The van der Waals surface area contributed by atoms with Crippen molar-refractivity contribution in [3.8, 4) is 5.75 Å². The Hall–Kier alpha value is -2.11. The van der Waals surface area contributed by atoms with Gasteiger partial charge in [0, 0.05) is 19.0 Å². The van der Waals surface area contributed by atoms with Crippen molar-refractivity contribution in [1.82, 2.24) is 24.1 Å². The summed E-state index contributed by atoms with van der Waals surface area (Å²) in [7, 11) is -3.16. The molecule has 3 heterocycles. The second kappa shape index (κ2) is 7.13. The van der Waals surface area contributed by atoms with Crippen LogP contribution in [0.15, 0.2) is 24.3 Å². The molecular weight excluding hydrogens is 393 g/mol. The van der Waals surface area contributed by atoms with Gasteiger partial charge in [0.2, 0.25) is 15.0 Å². The van der Waals surface area contributed by atoms with E-state index in [4.69, 9.17) is 4.74 Å². The van der Waals surface area contributed by atoms with Gasteiger partial charge in [-0.15, -0.1) is 10.2 Å². The second-order valence-corrected chi connectivity index (χ2v) is 9.45. The predicted octanol–water partition coefficient (Wildman–Crippen LogP) is 2.04. The van der Waals surface area contributed by atoms with Gasteiger partial charge in [-0.25, -0.2) is 17.1 Å². The average Bonchev–Trinajstić information content (AvgIpc) is 3.21. The molecule has 1 aromatic carbocycles. The molecular formula is C16H18FN5O3S2. The molecule has 0 radical (unpaired) electrons. The maximum Gasteiger partial charge on any atom is 0.234 e. The molecule has 144 valence electrons. The number of ether oxygens (including phenoxy) is 1. The fraction of sp³-hybridized carbons (Fsp3) is 0.438. The molecule has 0 unspecified atom stereocenters. The lowest BCUT2D eigenvalue weighted by atomic mass is 9.97. The summed E-state index contributed by atoms with van der Waals surface area (Å²) in [4.78, 5) is 0.674. The molecule has 0 atom stereocenters. The molecule has 3 aromatic rings. The van der Waals surface area contributed by atoms with Crippen LogP contribution in [0.5, 0.6) is 5.75 Å². The van der Waals surface area contributed by atoms with Crippen LogP contribution in [0.3, 0.4) is 0 Å². The Morgan fingerprint density at radius 3 is 2.59 bits per heavy atom. The van der Waals surface area contributed by atoms with Crippen LogP contribution in [0.2, 0.25) is 0 Å². The molecule has 1 aliphatic rings. The van der Waals surface area contributed by atoms with Crippen LogP contribution < -0.4 is 4.74 Å². The first kappa shape index (κ1) is 18.3. The standard InChI is InChI=1S/C16H18FN5O3S2/c1-27(23,24)21-8-6-11(7-9-21)15-18-19-16-22(15)20-14(26-16)10-25-13-4-2-12(17)3-5-13/h2-5,11H,6-10H2,1H3. The monoisotopic (exact) mass is 411 g/mol. The zero-order chi connectivity index (χ0) is 19.0. The summed E-state index contributed by atoms with van der Waals surface area (Å²) in [6.45, 7) is 1.21. The van der Waals surface area contributed by atoms with E-state index in [1.54, 1.807) is 16.6 Å². The molecule has 27 heavy (non-hydrogen) atoms. The number of hydrogen-bond donors (Lipinski definition) is 0. The summed E-state index contributed by atoms with van der Waals surface area (Å²) >= 11 is 1.38. The Bertz CT molecular complexity index is 1040. The number of piperidine rings is 1. The second-order valence-electron chi connectivity index (χ2n) is 6.43. The van der Waals surface area contributed by atoms with Gasteiger partial charge in [-0.1, -0.05) is 11.3 Å². The Morgan fingerprint density at radius 2 is 1.93 bits per heavy atom. The summed E-state index contributed by atoms with van der Waals surface area (Å²) < 4.78 is 45.1. The molecule has 0 N–H and O–H groups in total. The van der Waals surface area contributed by atoms with Crippen LogP contribution in [0.25, 0.3) is 4.96 Å². The largest absolute Gasteiger partial charge is 0.486 e. The lowest BCUT2D eigenvalue weighted by Gasteiger charge is -2.28. The third-order valence-corrected chi connectivity index (χ3v) is 6.70. The van der Waals surface area contributed by atoms with Crippen molar-refractivity contribution >= 4 is 26.3 Å². The van der Waals surface area contributed by atoms with Crippen LogP contribution in [0, 0.1) is 5.82 Å². The number of halogens is 1. The van der Waals surface area contributed by atoms with Crippen molar-refractivity contribution in [3.05, 3.63) is 40.9 Å². The van der Waals surface area contributed by atoms with Gasteiger partial charge in [-0.3, -0.25) is 0 Å². The average molecular weight is 411 g/mol. The number of sulfonamides is 1. The zero-order valence-corrected chi connectivity index (χ0v) is 16.2.